The molecule has 0 bridgehead atoms. The van der Waals surface area contributed by atoms with E-state index < -0.39 is 17.2 Å². The lowest BCUT2D eigenvalue weighted by Crippen LogP contribution is -2.29. The summed E-state index contributed by atoms with van der Waals surface area (Å²) < 4.78 is 29.8. The highest BCUT2D eigenvalue weighted by Crippen LogP contribution is 2.27. The average molecular weight is 433 g/mol. The molecule has 1 heterocycles. The third-order valence-corrected chi connectivity index (χ3v) is 5.06. The molecule has 0 atom stereocenters. The van der Waals surface area contributed by atoms with Crippen molar-refractivity contribution in [2.45, 2.75) is 26.3 Å². The highest BCUT2D eigenvalue weighted by molar-refractivity contribution is 5.94. The topological polar surface area (TPSA) is 61.0 Å². The van der Waals surface area contributed by atoms with Crippen molar-refractivity contribution in [3.05, 3.63) is 99.5 Å². The summed E-state index contributed by atoms with van der Waals surface area (Å²) in [5.41, 5.74) is 0.389. The Morgan fingerprint density at radius 3 is 2.28 bits per heavy atom. The molecule has 0 spiro atoms. The van der Waals surface area contributed by atoms with Crippen LogP contribution in [0.1, 0.15) is 26.3 Å². The lowest BCUT2D eigenvalue weighted by atomic mass is 10.0. The van der Waals surface area contributed by atoms with Crippen LogP contribution in [0, 0.1) is 16.8 Å². The minimum absolute atomic E-state index is 0.109. The van der Waals surface area contributed by atoms with Gasteiger partial charge in [0.2, 0.25) is 0 Å². The van der Waals surface area contributed by atoms with E-state index in [1.807, 2.05) is 0 Å². The quantitative estimate of drug-likeness (QED) is 0.196. The van der Waals surface area contributed by atoms with Gasteiger partial charge in [0.25, 0.3) is 5.56 Å². The minimum atomic E-state index is -0.733. The van der Waals surface area contributed by atoms with Crippen molar-refractivity contribution in [2.75, 3.05) is 0 Å². The van der Waals surface area contributed by atoms with E-state index >= 15 is 0 Å². The van der Waals surface area contributed by atoms with Crippen LogP contribution in [0.3, 0.4) is 0 Å². The molecular weight excluding hydrogens is 412 g/mol. The van der Waals surface area contributed by atoms with Gasteiger partial charge in [-0.25, -0.2) is 13.5 Å². The van der Waals surface area contributed by atoms with Gasteiger partial charge in [0, 0.05) is 31.7 Å². The van der Waals surface area contributed by atoms with Crippen LogP contribution in [0.5, 0.6) is 0 Å². The van der Waals surface area contributed by atoms with E-state index in [0.29, 0.717) is 32.5 Å². The van der Waals surface area contributed by atoms with E-state index in [4.69, 9.17) is 0 Å². The lowest BCUT2D eigenvalue weighted by molar-refractivity contribution is -0.530. The van der Waals surface area contributed by atoms with Gasteiger partial charge in [0.1, 0.15) is 11.6 Å². The molecule has 162 valence electrons. The summed E-state index contributed by atoms with van der Waals surface area (Å²) in [5.74, 6) is -0.974. The molecule has 0 saturated heterocycles. The average Bonchev–Trinajstić information content (AvgIpc) is 2.76. The van der Waals surface area contributed by atoms with Gasteiger partial charge in [-0.2, -0.15) is 9.78 Å². The second kappa shape index (κ2) is 8.00. The summed E-state index contributed by atoms with van der Waals surface area (Å²) >= 11 is 0. The SMILES string of the molecule is CC(C)(C)/[N+]([O-])=C/c1cc(-c2nn(-c3ccc(F)cc3)c(=O)c3ccccc23)ccc1F. The van der Waals surface area contributed by atoms with Crippen LogP contribution in [-0.2, 0) is 0 Å². The number of benzene rings is 3. The second-order valence-corrected chi connectivity index (χ2v) is 8.45. The monoisotopic (exact) mass is 433 g/mol. The summed E-state index contributed by atoms with van der Waals surface area (Å²) in [5, 5.41) is 17.9. The Labute approximate surface area is 183 Å². The fourth-order valence-corrected chi connectivity index (χ4v) is 3.27. The molecule has 3 aromatic carbocycles. The van der Waals surface area contributed by atoms with Gasteiger partial charge in [0.15, 0.2) is 11.8 Å². The number of fused-ring (bicyclic) bond motifs is 1. The first-order chi connectivity index (χ1) is 15.1. The molecule has 7 heteroatoms. The summed E-state index contributed by atoms with van der Waals surface area (Å²) in [6.07, 6.45) is 1.21. The molecule has 0 aliphatic heterocycles. The smallest absolute Gasteiger partial charge is 0.279 e. The van der Waals surface area contributed by atoms with Gasteiger partial charge in [0.05, 0.1) is 22.3 Å². The molecule has 0 N–H and O–H groups in total. The van der Waals surface area contributed by atoms with E-state index in [9.17, 15) is 18.8 Å². The second-order valence-electron chi connectivity index (χ2n) is 8.45. The summed E-state index contributed by atoms with van der Waals surface area (Å²) in [6, 6.07) is 16.7. The normalized spacial score (nSPS) is 12.3. The van der Waals surface area contributed by atoms with Gasteiger partial charge < -0.3 is 5.21 Å². The summed E-state index contributed by atoms with van der Waals surface area (Å²) in [6.45, 7) is 5.18. The Morgan fingerprint density at radius 1 is 0.969 bits per heavy atom. The summed E-state index contributed by atoms with van der Waals surface area (Å²) in [7, 11) is 0. The zero-order chi connectivity index (χ0) is 23.0. The Hall–Kier alpha value is -3.87. The third kappa shape index (κ3) is 4.01. The number of aromatic nitrogens is 2. The van der Waals surface area contributed by atoms with Crippen LogP contribution >= 0.6 is 0 Å². The maximum Gasteiger partial charge on any atom is 0.279 e. The van der Waals surface area contributed by atoms with E-state index in [0.717, 1.165) is 0 Å². The molecule has 4 aromatic rings. The first-order valence-electron chi connectivity index (χ1n) is 10.0. The molecule has 4 rings (SSSR count). The maximum atomic E-state index is 14.5. The van der Waals surface area contributed by atoms with Crippen molar-refractivity contribution in [3.63, 3.8) is 0 Å². The van der Waals surface area contributed by atoms with Crippen molar-refractivity contribution in [1.82, 2.24) is 9.78 Å². The first-order valence-corrected chi connectivity index (χ1v) is 10.0. The lowest BCUT2D eigenvalue weighted by Gasteiger charge is -2.18. The maximum absolute atomic E-state index is 14.5. The molecule has 1 aromatic heterocycles. The molecule has 0 aliphatic carbocycles. The highest BCUT2D eigenvalue weighted by Gasteiger charge is 2.20. The predicted molar refractivity (Wildman–Crippen MR) is 121 cm³/mol. The minimum Gasteiger partial charge on any atom is -0.623 e. The number of halogens is 2. The van der Waals surface area contributed by atoms with Crippen molar-refractivity contribution < 1.29 is 13.5 Å². The molecule has 0 aliphatic rings. The highest BCUT2D eigenvalue weighted by atomic mass is 19.1. The molecule has 0 amide bonds. The third-order valence-electron chi connectivity index (χ3n) is 5.06. The largest absolute Gasteiger partial charge is 0.623 e. The Bertz CT molecular complexity index is 1400. The van der Waals surface area contributed by atoms with Crippen LogP contribution in [0.15, 0.2) is 71.5 Å². The van der Waals surface area contributed by atoms with Crippen molar-refractivity contribution in [3.8, 4) is 16.9 Å². The zero-order valence-electron chi connectivity index (χ0n) is 17.8. The number of hydroxylamine groups is 1. The van der Waals surface area contributed by atoms with Crippen molar-refractivity contribution >= 4 is 17.0 Å². The fraction of sp³-hybridized carbons (Fsp3) is 0.160. The summed E-state index contributed by atoms with van der Waals surface area (Å²) in [4.78, 5) is 13.1. The number of rotatable bonds is 3. The molecule has 0 radical (unpaired) electrons. The molecule has 32 heavy (non-hydrogen) atoms. The van der Waals surface area contributed by atoms with E-state index in [2.05, 4.69) is 5.10 Å². The molecule has 0 fully saturated rings. The van der Waals surface area contributed by atoms with Gasteiger partial charge in [-0.05, 0) is 48.5 Å². The first kappa shape index (κ1) is 21.4. The Morgan fingerprint density at radius 2 is 1.62 bits per heavy atom. The van der Waals surface area contributed by atoms with Crippen LogP contribution in [-0.4, -0.2) is 26.3 Å². The molecular formula is C25H21F2N3O2. The predicted octanol–water partition coefficient (Wildman–Crippen LogP) is 5.06. The van der Waals surface area contributed by atoms with Gasteiger partial charge in [-0.1, -0.05) is 18.2 Å². The number of hydrogen-bond acceptors (Lipinski definition) is 3. The Kier molecular flexibility index (Phi) is 5.34. The Balaban J connectivity index is 1.97. The van der Waals surface area contributed by atoms with E-state index in [-0.39, 0.29) is 11.1 Å². The van der Waals surface area contributed by atoms with Gasteiger partial charge in [-0.3, -0.25) is 4.79 Å². The standard InChI is InChI=1S/C25H21F2N3O2/c1-25(2,3)29(32)15-17-14-16(8-13-22(17)27)23-20-6-4-5-7-21(20)24(31)30(28-23)19-11-9-18(26)10-12-19/h4-15H,1-3H3/b29-15-. The van der Waals surface area contributed by atoms with Gasteiger partial charge in [-0.15, -0.1) is 0 Å². The van der Waals surface area contributed by atoms with E-state index in [1.54, 1.807) is 51.1 Å². The van der Waals surface area contributed by atoms with Crippen LogP contribution < -0.4 is 5.56 Å². The fourth-order valence-electron chi connectivity index (χ4n) is 3.27. The van der Waals surface area contributed by atoms with Crippen LogP contribution in [0.4, 0.5) is 8.78 Å². The zero-order valence-corrected chi connectivity index (χ0v) is 17.8. The molecule has 0 saturated carbocycles. The number of hydrogen-bond donors (Lipinski definition) is 0. The van der Waals surface area contributed by atoms with Crippen LogP contribution in [0.2, 0.25) is 0 Å². The number of nitrogens with zero attached hydrogens (tertiary/aromatic N) is 3. The molecule has 0 unspecified atom stereocenters. The van der Waals surface area contributed by atoms with Crippen molar-refractivity contribution in [1.29, 1.82) is 0 Å². The van der Waals surface area contributed by atoms with E-state index in [1.165, 1.54) is 47.3 Å². The molecule has 5 nitrogen and oxygen atoms in total. The van der Waals surface area contributed by atoms with Gasteiger partial charge >= 0.3 is 0 Å². The van der Waals surface area contributed by atoms with Crippen molar-refractivity contribution in [2.24, 2.45) is 0 Å². The van der Waals surface area contributed by atoms with Crippen LogP contribution in [0.25, 0.3) is 27.7 Å².